The van der Waals surface area contributed by atoms with Gasteiger partial charge in [0, 0.05) is 30.5 Å². The maximum Gasteiger partial charge on any atom is 0.226 e. The molecule has 0 radical (unpaired) electrons. The number of benzene rings is 1. The summed E-state index contributed by atoms with van der Waals surface area (Å²) >= 11 is 0. The van der Waals surface area contributed by atoms with Crippen LogP contribution in [0.2, 0.25) is 0 Å². The molecular weight excluding hydrogens is 296 g/mol. The van der Waals surface area contributed by atoms with Crippen LogP contribution in [0.1, 0.15) is 36.8 Å². The summed E-state index contributed by atoms with van der Waals surface area (Å²) in [6.45, 7) is 1.86. The fourth-order valence-electron chi connectivity index (χ4n) is 4.53. The molecule has 22 heavy (non-hydrogen) atoms. The van der Waals surface area contributed by atoms with Crippen LogP contribution in [0.5, 0.6) is 0 Å². The first-order chi connectivity index (χ1) is 10.2. The molecule has 1 spiro atoms. The van der Waals surface area contributed by atoms with E-state index < -0.39 is 0 Å². The number of hydrogen-bond acceptors (Lipinski definition) is 2. The van der Waals surface area contributed by atoms with Gasteiger partial charge in [-0.3, -0.25) is 4.79 Å². The smallest absolute Gasteiger partial charge is 0.226 e. The summed E-state index contributed by atoms with van der Waals surface area (Å²) in [5, 5.41) is 3.33. The molecule has 3 nitrogen and oxygen atoms in total. The minimum absolute atomic E-state index is 0. The fraction of sp³-hybridized carbons (Fsp3) is 0.611. The van der Waals surface area contributed by atoms with E-state index in [9.17, 15) is 4.79 Å². The number of hydrogen-bond donors (Lipinski definition) is 1. The van der Waals surface area contributed by atoms with Gasteiger partial charge in [0.05, 0.1) is 0 Å². The van der Waals surface area contributed by atoms with Crippen LogP contribution < -0.4 is 5.32 Å². The lowest BCUT2D eigenvalue weighted by Gasteiger charge is -2.32. The molecule has 1 saturated carbocycles. The minimum Gasteiger partial charge on any atom is -0.342 e. The number of carbonyl (C=O) groups excluding carboxylic acids is 1. The number of aryl methyl sites for hydroxylation is 1. The molecule has 2 aliphatic carbocycles. The van der Waals surface area contributed by atoms with Crippen LogP contribution in [0, 0.1) is 5.92 Å². The van der Waals surface area contributed by atoms with Crippen molar-refractivity contribution in [2.45, 2.75) is 43.6 Å². The second kappa shape index (κ2) is 5.86. The van der Waals surface area contributed by atoms with Crippen molar-refractivity contribution in [2.24, 2.45) is 5.92 Å². The molecule has 3 aliphatic rings. The van der Waals surface area contributed by atoms with Gasteiger partial charge in [0.2, 0.25) is 5.91 Å². The van der Waals surface area contributed by atoms with Crippen molar-refractivity contribution in [2.75, 3.05) is 20.1 Å². The van der Waals surface area contributed by atoms with E-state index in [0.717, 1.165) is 38.8 Å². The Morgan fingerprint density at radius 2 is 2.00 bits per heavy atom. The average molecular weight is 321 g/mol. The zero-order chi connectivity index (χ0) is 14.4. The molecule has 1 aliphatic heterocycles. The van der Waals surface area contributed by atoms with E-state index in [1.54, 1.807) is 0 Å². The van der Waals surface area contributed by atoms with Gasteiger partial charge < -0.3 is 10.2 Å². The van der Waals surface area contributed by atoms with E-state index >= 15 is 0 Å². The number of nitrogens with zero attached hydrogens (tertiary/aromatic N) is 1. The third-order valence-electron chi connectivity index (χ3n) is 5.98. The molecular formula is C18H25ClN2O. The molecule has 2 fully saturated rings. The highest BCUT2D eigenvalue weighted by molar-refractivity contribution is 5.85. The summed E-state index contributed by atoms with van der Waals surface area (Å²) < 4.78 is 0. The summed E-state index contributed by atoms with van der Waals surface area (Å²) in [6, 6.07) is 9.34. The molecule has 4 heteroatoms. The van der Waals surface area contributed by atoms with Crippen molar-refractivity contribution >= 4 is 18.3 Å². The Morgan fingerprint density at radius 3 is 2.73 bits per heavy atom. The van der Waals surface area contributed by atoms with Crippen LogP contribution in [-0.2, 0) is 16.6 Å². The molecule has 1 saturated heterocycles. The SMILES string of the molecule is CNC1CCN(C(=O)C2CC23CCc2ccccc23)CC1.Cl. The summed E-state index contributed by atoms with van der Waals surface area (Å²) in [6.07, 6.45) is 5.60. The quantitative estimate of drug-likeness (QED) is 0.908. The summed E-state index contributed by atoms with van der Waals surface area (Å²) in [4.78, 5) is 15.0. The van der Waals surface area contributed by atoms with Crippen molar-refractivity contribution < 1.29 is 4.79 Å². The van der Waals surface area contributed by atoms with Gasteiger partial charge in [0.15, 0.2) is 0 Å². The first kappa shape index (κ1) is 15.8. The van der Waals surface area contributed by atoms with Gasteiger partial charge in [-0.05, 0) is 50.3 Å². The van der Waals surface area contributed by atoms with Crippen molar-refractivity contribution in [3.8, 4) is 0 Å². The van der Waals surface area contributed by atoms with E-state index in [-0.39, 0.29) is 23.7 Å². The highest BCUT2D eigenvalue weighted by Gasteiger charge is 2.62. The molecule has 1 aromatic carbocycles. The van der Waals surface area contributed by atoms with Gasteiger partial charge in [-0.25, -0.2) is 0 Å². The topological polar surface area (TPSA) is 32.3 Å². The number of nitrogens with one attached hydrogen (secondary N) is 1. The molecule has 4 rings (SSSR count). The standard InChI is InChI=1S/C18H24N2O.ClH/c1-19-14-7-10-20(11-8-14)17(21)16-12-18(16)9-6-13-4-2-3-5-15(13)18;/h2-5,14,16,19H,6-12H2,1H3;1H. The Hall–Kier alpha value is -1.06. The second-order valence-electron chi connectivity index (χ2n) is 6.96. The second-order valence-corrected chi connectivity index (χ2v) is 6.96. The first-order valence-electron chi connectivity index (χ1n) is 8.29. The van der Waals surface area contributed by atoms with Crippen LogP contribution in [0.3, 0.4) is 0 Å². The largest absolute Gasteiger partial charge is 0.342 e. The van der Waals surface area contributed by atoms with Crippen molar-refractivity contribution in [3.63, 3.8) is 0 Å². The van der Waals surface area contributed by atoms with E-state index in [1.165, 1.54) is 17.5 Å². The van der Waals surface area contributed by atoms with Gasteiger partial charge >= 0.3 is 0 Å². The maximum absolute atomic E-state index is 12.8. The van der Waals surface area contributed by atoms with Gasteiger partial charge in [-0.1, -0.05) is 24.3 Å². The van der Waals surface area contributed by atoms with Crippen LogP contribution in [-0.4, -0.2) is 37.0 Å². The molecule has 120 valence electrons. The lowest BCUT2D eigenvalue weighted by Crippen LogP contribution is -2.45. The number of piperidine rings is 1. The van der Waals surface area contributed by atoms with Crippen LogP contribution >= 0.6 is 12.4 Å². The first-order valence-corrected chi connectivity index (χ1v) is 8.29. The average Bonchev–Trinajstić information content (AvgIpc) is 3.16. The number of rotatable bonds is 2. The van der Waals surface area contributed by atoms with Crippen molar-refractivity contribution in [1.29, 1.82) is 0 Å². The van der Waals surface area contributed by atoms with Crippen molar-refractivity contribution in [3.05, 3.63) is 35.4 Å². The molecule has 1 heterocycles. The molecule has 2 unspecified atom stereocenters. The van der Waals surface area contributed by atoms with Gasteiger partial charge in [0.1, 0.15) is 0 Å². The zero-order valence-corrected chi connectivity index (χ0v) is 14.0. The normalized spacial score (nSPS) is 30.0. The van der Waals surface area contributed by atoms with Crippen LogP contribution in [0.4, 0.5) is 0 Å². The zero-order valence-electron chi connectivity index (χ0n) is 13.2. The fourth-order valence-corrected chi connectivity index (χ4v) is 4.53. The molecule has 2 atom stereocenters. The van der Waals surface area contributed by atoms with Gasteiger partial charge in [-0.2, -0.15) is 0 Å². The lowest BCUT2D eigenvalue weighted by atomic mass is 9.94. The van der Waals surface area contributed by atoms with E-state index in [4.69, 9.17) is 0 Å². The Bertz CT molecular complexity index is 568. The Balaban J connectivity index is 0.00000144. The third kappa shape index (κ3) is 2.35. The predicted molar refractivity (Wildman–Crippen MR) is 90.5 cm³/mol. The number of carbonyl (C=O) groups is 1. The van der Waals surface area contributed by atoms with E-state index in [2.05, 4.69) is 34.5 Å². The highest BCUT2D eigenvalue weighted by atomic mass is 35.5. The van der Waals surface area contributed by atoms with Crippen LogP contribution in [0.25, 0.3) is 0 Å². The van der Waals surface area contributed by atoms with E-state index in [1.807, 2.05) is 7.05 Å². The Morgan fingerprint density at radius 1 is 1.27 bits per heavy atom. The molecule has 1 amide bonds. The molecule has 0 bridgehead atoms. The highest BCUT2D eigenvalue weighted by Crippen LogP contribution is 2.62. The summed E-state index contributed by atoms with van der Waals surface area (Å²) in [5.74, 6) is 0.675. The minimum atomic E-state index is 0. The van der Waals surface area contributed by atoms with Crippen LogP contribution in [0.15, 0.2) is 24.3 Å². The summed E-state index contributed by atoms with van der Waals surface area (Å²) in [5.41, 5.74) is 3.14. The number of halogens is 1. The number of fused-ring (bicyclic) bond motifs is 2. The molecule has 1 N–H and O–H groups in total. The lowest BCUT2D eigenvalue weighted by molar-refractivity contribution is -0.134. The van der Waals surface area contributed by atoms with Crippen molar-refractivity contribution in [1.82, 2.24) is 10.2 Å². The third-order valence-corrected chi connectivity index (χ3v) is 5.98. The van der Waals surface area contributed by atoms with Gasteiger partial charge in [-0.15, -0.1) is 12.4 Å². The monoisotopic (exact) mass is 320 g/mol. The summed E-state index contributed by atoms with van der Waals surface area (Å²) in [7, 11) is 2.02. The molecule has 1 aromatic rings. The number of likely N-dealkylation sites (tertiary alicyclic amines) is 1. The van der Waals surface area contributed by atoms with Gasteiger partial charge in [0.25, 0.3) is 0 Å². The maximum atomic E-state index is 12.8. The Labute approximate surface area is 138 Å². The number of amides is 1. The predicted octanol–water partition coefficient (Wildman–Crippen LogP) is 2.52. The molecule has 0 aromatic heterocycles. The Kier molecular flexibility index (Phi) is 4.21. The van der Waals surface area contributed by atoms with E-state index in [0.29, 0.717) is 11.9 Å².